The van der Waals surface area contributed by atoms with Crippen LogP contribution in [0, 0.1) is 6.92 Å². The molecule has 3 nitrogen and oxygen atoms in total. The average Bonchev–Trinajstić information content (AvgIpc) is 2.08. The van der Waals surface area contributed by atoms with Crippen LogP contribution in [0.15, 0.2) is 24.3 Å². The van der Waals surface area contributed by atoms with Gasteiger partial charge in [-0.1, -0.05) is 17.7 Å². The monoisotopic (exact) mass is 198 g/mol. The Kier molecular flexibility index (Phi) is 3.03. The van der Waals surface area contributed by atoms with Crippen LogP contribution in [0.4, 0.5) is 0 Å². The van der Waals surface area contributed by atoms with Crippen molar-refractivity contribution in [1.82, 2.24) is 0 Å². The summed E-state index contributed by atoms with van der Waals surface area (Å²) < 4.78 is 4.61. The van der Waals surface area contributed by atoms with E-state index < -0.39 is 11.2 Å². The van der Waals surface area contributed by atoms with E-state index in [1.54, 1.807) is 24.3 Å². The molecule has 0 aliphatic carbocycles. The van der Waals surface area contributed by atoms with Crippen LogP contribution in [-0.2, 0) is 9.59 Å². The van der Waals surface area contributed by atoms with Crippen LogP contribution in [-0.4, -0.2) is 11.2 Å². The quantitative estimate of drug-likeness (QED) is 0.314. The molecule has 4 heteroatoms. The van der Waals surface area contributed by atoms with Gasteiger partial charge in [-0.25, -0.2) is 4.79 Å². The molecular weight excluding hydrogens is 192 g/mol. The first-order valence-electron chi connectivity index (χ1n) is 3.58. The van der Waals surface area contributed by atoms with Gasteiger partial charge in [-0.3, -0.25) is 4.79 Å². The molecular formula is C9H7ClO3. The van der Waals surface area contributed by atoms with Gasteiger partial charge in [0.05, 0.1) is 0 Å². The van der Waals surface area contributed by atoms with Crippen molar-refractivity contribution in [2.75, 3.05) is 0 Å². The number of rotatable bonds is 2. The zero-order chi connectivity index (χ0) is 9.84. The number of esters is 1. The summed E-state index contributed by atoms with van der Waals surface area (Å²) in [5.41, 5.74) is 1.04. The minimum Gasteiger partial charge on any atom is -0.420 e. The van der Waals surface area contributed by atoms with Gasteiger partial charge in [-0.2, -0.15) is 0 Å². The largest absolute Gasteiger partial charge is 0.420 e. The minimum atomic E-state index is -1.12. The van der Waals surface area contributed by atoms with Gasteiger partial charge in [0.2, 0.25) is 0 Å². The molecule has 0 saturated heterocycles. The van der Waals surface area contributed by atoms with E-state index in [1.165, 1.54) is 0 Å². The molecule has 0 spiro atoms. The van der Waals surface area contributed by atoms with Crippen LogP contribution in [0.2, 0.25) is 0 Å². The SMILES string of the molecule is Cc1ccc(OC(=O)C(=O)Cl)cc1. The summed E-state index contributed by atoms with van der Waals surface area (Å²) in [5.74, 6) is -0.755. The zero-order valence-electron chi connectivity index (χ0n) is 6.91. The van der Waals surface area contributed by atoms with Crippen molar-refractivity contribution >= 4 is 22.8 Å². The smallest absolute Gasteiger partial charge is 0.396 e. The molecule has 0 bridgehead atoms. The molecule has 13 heavy (non-hydrogen) atoms. The molecule has 1 rings (SSSR count). The first kappa shape index (κ1) is 9.74. The first-order valence-corrected chi connectivity index (χ1v) is 3.95. The maximum absolute atomic E-state index is 10.7. The number of carbonyl (C=O) groups is 2. The standard InChI is InChI=1S/C9H7ClO3/c1-6-2-4-7(5-3-6)13-9(12)8(10)11/h2-5H,1H3. The molecule has 0 radical (unpaired) electrons. The van der Waals surface area contributed by atoms with Crippen LogP contribution in [0.1, 0.15) is 5.56 Å². The predicted molar refractivity (Wildman–Crippen MR) is 47.7 cm³/mol. The van der Waals surface area contributed by atoms with Crippen molar-refractivity contribution in [2.24, 2.45) is 0 Å². The third-order valence-electron chi connectivity index (χ3n) is 1.39. The average molecular weight is 199 g/mol. The molecule has 1 aromatic carbocycles. The number of hydrogen-bond acceptors (Lipinski definition) is 3. The molecule has 0 atom stereocenters. The van der Waals surface area contributed by atoms with E-state index in [0.29, 0.717) is 5.75 Å². The number of benzene rings is 1. The second-order valence-corrected chi connectivity index (χ2v) is 2.82. The zero-order valence-corrected chi connectivity index (χ0v) is 7.67. The Morgan fingerprint density at radius 2 is 1.77 bits per heavy atom. The van der Waals surface area contributed by atoms with Crippen LogP contribution >= 0.6 is 11.6 Å². The molecule has 0 aliphatic heterocycles. The van der Waals surface area contributed by atoms with Crippen molar-refractivity contribution in [2.45, 2.75) is 6.92 Å². The number of ether oxygens (including phenoxy) is 1. The maximum Gasteiger partial charge on any atom is 0.396 e. The second-order valence-electron chi connectivity index (χ2n) is 2.48. The molecule has 0 aliphatic rings. The Hall–Kier alpha value is -1.35. The normalized spacial score (nSPS) is 9.38. The summed E-state index contributed by atoms with van der Waals surface area (Å²) in [7, 11) is 0. The van der Waals surface area contributed by atoms with E-state index in [0.717, 1.165) is 5.56 Å². The highest BCUT2D eigenvalue weighted by molar-refractivity contribution is 6.80. The van der Waals surface area contributed by atoms with Gasteiger partial charge >= 0.3 is 11.2 Å². The highest BCUT2D eigenvalue weighted by Gasteiger charge is 2.12. The number of halogens is 1. The second kappa shape index (κ2) is 4.05. The van der Waals surface area contributed by atoms with Crippen LogP contribution in [0.3, 0.4) is 0 Å². The van der Waals surface area contributed by atoms with Gasteiger partial charge in [0.1, 0.15) is 5.75 Å². The number of hydrogen-bond donors (Lipinski definition) is 0. The Morgan fingerprint density at radius 1 is 1.23 bits per heavy atom. The van der Waals surface area contributed by atoms with Crippen molar-refractivity contribution in [3.63, 3.8) is 0 Å². The van der Waals surface area contributed by atoms with E-state index in [4.69, 9.17) is 11.6 Å². The molecule has 0 N–H and O–H groups in total. The van der Waals surface area contributed by atoms with Gasteiger partial charge in [0.15, 0.2) is 0 Å². The summed E-state index contributed by atoms with van der Waals surface area (Å²) in [6.45, 7) is 1.90. The van der Waals surface area contributed by atoms with Crippen molar-refractivity contribution < 1.29 is 14.3 Å². The summed E-state index contributed by atoms with van der Waals surface area (Å²) in [6, 6.07) is 6.71. The number of aryl methyl sites for hydroxylation is 1. The molecule has 0 fully saturated rings. The molecule has 0 amide bonds. The van der Waals surface area contributed by atoms with E-state index in [9.17, 15) is 9.59 Å². The maximum atomic E-state index is 10.7. The summed E-state index contributed by atoms with van der Waals surface area (Å²) in [5, 5.41) is -1.12. The lowest BCUT2D eigenvalue weighted by Crippen LogP contribution is -2.14. The van der Waals surface area contributed by atoms with E-state index >= 15 is 0 Å². The first-order chi connectivity index (χ1) is 6.09. The Bertz CT molecular complexity index is 329. The highest BCUT2D eigenvalue weighted by atomic mass is 35.5. The lowest BCUT2D eigenvalue weighted by molar-refractivity contribution is -0.143. The molecule has 1 aromatic rings. The lowest BCUT2D eigenvalue weighted by Gasteiger charge is -2.00. The van der Waals surface area contributed by atoms with Crippen LogP contribution in [0.25, 0.3) is 0 Å². The van der Waals surface area contributed by atoms with Gasteiger partial charge in [0.25, 0.3) is 0 Å². The van der Waals surface area contributed by atoms with Crippen LogP contribution < -0.4 is 4.74 Å². The topological polar surface area (TPSA) is 43.4 Å². The van der Waals surface area contributed by atoms with Crippen molar-refractivity contribution in [3.8, 4) is 5.75 Å². The summed E-state index contributed by atoms with van der Waals surface area (Å²) >= 11 is 4.90. The van der Waals surface area contributed by atoms with Gasteiger partial charge in [-0.15, -0.1) is 0 Å². The minimum absolute atomic E-state index is 0.310. The molecule has 0 unspecified atom stereocenters. The highest BCUT2D eigenvalue weighted by Crippen LogP contribution is 2.11. The molecule has 0 heterocycles. The number of carbonyl (C=O) groups excluding carboxylic acids is 2. The van der Waals surface area contributed by atoms with Gasteiger partial charge < -0.3 is 4.74 Å². The van der Waals surface area contributed by atoms with Crippen molar-refractivity contribution in [3.05, 3.63) is 29.8 Å². The molecule has 0 saturated carbocycles. The fraction of sp³-hybridized carbons (Fsp3) is 0.111. The summed E-state index contributed by atoms with van der Waals surface area (Å²) in [4.78, 5) is 21.0. The lowest BCUT2D eigenvalue weighted by atomic mass is 10.2. The van der Waals surface area contributed by atoms with E-state index in [2.05, 4.69) is 4.74 Å². The van der Waals surface area contributed by atoms with Gasteiger partial charge in [-0.05, 0) is 30.7 Å². The van der Waals surface area contributed by atoms with Gasteiger partial charge in [0, 0.05) is 0 Å². The third kappa shape index (κ3) is 2.87. The summed E-state index contributed by atoms with van der Waals surface area (Å²) in [6.07, 6.45) is 0. The Morgan fingerprint density at radius 3 is 2.23 bits per heavy atom. The van der Waals surface area contributed by atoms with Crippen molar-refractivity contribution in [1.29, 1.82) is 0 Å². The van der Waals surface area contributed by atoms with E-state index in [-0.39, 0.29) is 0 Å². The molecule has 0 aromatic heterocycles. The fourth-order valence-electron chi connectivity index (χ4n) is 0.753. The molecule has 68 valence electrons. The Labute approximate surface area is 80.3 Å². The van der Waals surface area contributed by atoms with E-state index in [1.807, 2.05) is 6.92 Å². The third-order valence-corrected chi connectivity index (χ3v) is 1.55. The fourth-order valence-corrected chi connectivity index (χ4v) is 0.792. The Balaban J connectivity index is 2.70. The predicted octanol–water partition coefficient (Wildman–Crippen LogP) is 1.67. The van der Waals surface area contributed by atoms with Crippen LogP contribution in [0.5, 0.6) is 5.75 Å².